The van der Waals surface area contributed by atoms with Crippen LogP contribution in [0.3, 0.4) is 0 Å². The number of hydrogen-bond donors (Lipinski definition) is 2. The molecule has 2 aromatic carbocycles. The summed E-state index contributed by atoms with van der Waals surface area (Å²) in [6, 6.07) is 4.93. The van der Waals surface area contributed by atoms with Gasteiger partial charge in [0.25, 0.3) is 0 Å². The smallest absolute Gasteiger partial charge is 0.354 e. The molecular weight excluding hydrogens is 589 g/mol. The second-order valence-electron chi connectivity index (χ2n) is 11.5. The number of aromatic hydroxyl groups is 2. The van der Waals surface area contributed by atoms with E-state index in [4.69, 9.17) is 16.3 Å². The van der Waals surface area contributed by atoms with Crippen molar-refractivity contribution >= 4 is 34.2 Å². The molecule has 0 saturated carbocycles. The molecule has 0 aliphatic carbocycles. The number of carbonyl (C=O) groups excluding carboxylic acids is 1. The molecule has 10 nitrogen and oxygen atoms in total. The van der Waals surface area contributed by atoms with Gasteiger partial charge >= 0.3 is 5.69 Å². The van der Waals surface area contributed by atoms with E-state index >= 15 is 4.39 Å². The number of halogens is 2. The standard InChI is InChI=1S/C32H31ClFN5O5/c1-6-21(42)37-12-17(5)38-18(13-37)14-44-30-24-29(26(34)23(25(30)33)22-19(40)8-7-9-20(22)41)39(32(43)36-31(24)38)28-16(4)10-11-35-27(28)15(2)3/h6-11,15,17-18,40-41H,1,12-14H2,2-5H3. The summed E-state index contributed by atoms with van der Waals surface area (Å²) in [5.41, 5.74) is 0.0299. The van der Waals surface area contributed by atoms with Crippen molar-refractivity contribution in [3.63, 3.8) is 0 Å². The maximum atomic E-state index is 17.3. The number of aromatic nitrogens is 3. The number of ether oxygens (including phenoxy) is 1. The van der Waals surface area contributed by atoms with Gasteiger partial charge in [0.1, 0.15) is 29.4 Å². The van der Waals surface area contributed by atoms with Gasteiger partial charge in [-0.25, -0.2) is 9.18 Å². The van der Waals surface area contributed by atoms with Gasteiger partial charge in [-0.05, 0) is 49.6 Å². The molecule has 0 radical (unpaired) electrons. The molecule has 2 aliphatic rings. The Bertz CT molecular complexity index is 1910. The Kier molecular flexibility index (Phi) is 7.23. The lowest BCUT2D eigenvalue weighted by Gasteiger charge is -2.45. The molecule has 4 aromatic rings. The van der Waals surface area contributed by atoms with E-state index in [1.54, 1.807) is 24.1 Å². The summed E-state index contributed by atoms with van der Waals surface area (Å²) < 4.78 is 24.8. The summed E-state index contributed by atoms with van der Waals surface area (Å²) in [6.07, 6.45) is 2.87. The zero-order valence-corrected chi connectivity index (χ0v) is 25.4. The van der Waals surface area contributed by atoms with E-state index in [0.717, 1.165) is 0 Å². The largest absolute Gasteiger partial charge is 0.507 e. The number of phenolic OH excluding ortho intramolecular Hbond substituents is 2. The number of amides is 1. The van der Waals surface area contributed by atoms with E-state index < -0.39 is 29.0 Å². The first kappa shape index (κ1) is 29.4. The van der Waals surface area contributed by atoms with Gasteiger partial charge < -0.3 is 24.7 Å². The summed E-state index contributed by atoms with van der Waals surface area (Å²) in [5, 5.41) is 21.5. The van der Waals surface area contributed by atoms with Crippen molar-refractivity contribution in [2.24, 2.45) is 0 Å². The van der Waals surface area contributed by atoms with Crippen LogP contribution >= 0.6 is 11.6 Å². The number of anilines is 1. The van der Waals surface area contributed by atoms with Crippen LogP contribution in [0.2, 0.25) is 5.02 Å². The van der Waals surface area contributed by atoms with Gasteiger partial charge in [-0.1, -0.05) is 38.1 Å². The normalized spacial score (nSPS) is 17.8. The molecule has 2 aromatic heterocycles. The van der Waals surface area contributed by atoms with Crippen LogP contribution in [0.25, 0.3) is 27.7 Å². The quantitative estimate of drug-likeness (QED) is 0.304. The highest BCUT2D eigenvalue weighted by molar-refractivity contribution is 6.37. The summed E-state index contributed by atoms with van der Waals surface area (Å²) in [6.45, 7) is 11.7. The summed E-state index contributed by atoms with van der Waals surface area (Å²) >= 11 is 6.93. The van der Waals surface area contributed by atoms with Crippen molar-refractivity contribution in [2.75, 3.05) is 24.6 Å². The van der Waals surface area contributed by atoms with Crippen molar-refractivity contribution in [2.45, 2.75) is 45.7 Å². The average Bonchev–Trinajstić information content (AvgIpc) is 3.14. The molecule has 228 valence electrons. The first-order chi connectivity index (χ1) is 21.0. The van der Waals surface area contributed by atoms with E-state index in [2.05, 4.69) is 16.5 Å². The zero-order chi connectivity index (χ0) is 31.6. The zero-order valence-electron chi connectivity index (χ0n) is 24.6. The molecule has 2 N–H and O–H groups in total. The van der Waals surface area contributed by atoms with Crippen molar-refractivity contribution in [3.8, 4) is 34.1 Å². The number of pyridine rings is 1. The Morgan fingerprint density at radius 2 is 1.91 bits per heavy atom. The molecule has 1 fully saturated rings. The van der Waals surface area contributed by atoms with Crippen LogP contribution in [-0.2, 0) is 4.79 Å². The Hall–Kier alpha value is -4.64. The van der Waals surface area contributed by atoms with Crippen molar-refractivity contribution < 1.29 is 24.1 Å². The van der Waals surface area contributed by atoms with Crippen LogP contribution in [0.1, 0.15) is 37.9 Å². The lowest BCUT2D eigenvalue weighted by atomic mass is 9.98. The second kappa shape index (κ2) is 10.8. The number of aryl methyl sites for hydroxylation is 1. The molecule has 2 aliphatic heterocycles. The number of piperazine rings is 1. The fourth-order valence-corrected chi connectivity index (χ4v) is 6.70. The molecular formula is C32H31ClFN5O5. The number of nitrogens with zero attached hydrogens (tertiary/aromatic N) is 5. The molecule has 44 heavy (non-hydrogen) atoms. The molecule has 1 saturated heterocycles. The minimum absolute atomic E-state index is 0.0195. The fourth-order valence-electron chi connectivity index (χ4n) is 6.37. The molecule has 0 spiro atoms. The summed E-state index contributed by atoms with van der Waals surface area (Å²) in [7, 11) is 0. The number of fused-ring (bicyclic) bond motifs is 2. The Labute approximate surface area is 257 Å². The number of rotatable bonds is 4. The van der Waals surface area contributed by atoms with E-state index in [9.17, 15) is 19.8 Å². The third-order valence-electron chi connectivity index (χ3n) is 8.28. The molecule has 2 atom stereocenters. The highest BCUT2D eigenvalue weighted by atomic mass is 35.5. The Balaban J connectivity index is 1.78. The predicted octanol–water partition coefficient (Wildman–Crippen LogP) is 5.07. The Morgan fingerprint density at radius 3 is 2.57 bits per heavy atom. The van der Waals surface area contributed by atoms with Crippen LogP contribution in [0, 0.1) is 12.7 Å². The third-order valence-corrected chi connectivity index (χ3v) is 8.64. The summed E-state index contributed by atoms with van der Waals surface area (Å²) in [4.78, 5) is 39.3. The lowest BCUT2D eigenvalue weighted by Crippen LogP contribution is -2.61. The second-order valence-corrected chi connectivity index (χ2v) is 11.8. The fraction of sp³-hybridized carbons (Fsp3) is 0.312. The van der Waals surface area contributed by atoms with Crippen molar-refractivity contribution in [1.29, 1.82) is 0 Å². The SMILES string of the molecule is C=CC(=O)N1CC(C)N2c3nc(=O)n(-c4c(C)ccnc4C(C)C)c4c(F)c(-c5c(O)cccc5O)c(Cl)c(c34)OCC2C1. The number of carbonyl (C=O) groups is 1. The van der Waals surface area contributed by atoms with E-state index in [-0.39, 0.29) is 69.6 Å². The van der Waals surface area contributed by atoms with Crippen molar-refractivity contribution in [3.05, 3.63) is 75.7 Å². The third kappa shape index (κ3) is 4.37. The van der Waals surface area contributed by atoms with Crippen LogP contribution in [0.15, 0.2) is 47.9 Å². The summed E-state index contributed by atoms with van der Waals surface area (Å²) in [5.74, 6) is -1.99. The number of hydrogen-bond acceptors (Lipinski definition) is 8. The number of phenols is 2. The van der Waals surface area contributed by atoms with Gasteiger partial charge in [-0.15, -0.1) is 0 Å². The minimum atomic E-state index is -0.959. The van der Waals surface area contributed by atoms with E-state index in [1.807, 2.05) is 25.7 Å². The molecule has 1 amide bonds. The molecule has 12 heteroatoms. The number of benzene rings is 2. The van der Waals surface area contributed by atoms with Gasteiger partial charge in [0.2, 0.25) is 5.91 Å². The van der Waals surface area contributed by atoms with Gasteiger partial charge in [0.15, 0.2) is 11.6 Å². The predicted molar refractivity (Wildman–Crippen MR) is 166 cm³/mol. The van der Waals surface area contributed by atoms with Gasteiger partial charge in [-0.2, -0.15) is 4.98 Å². The topological polar surface area (TPSA) is 121 Å². The minimum Gasteiger partial charge on any atom is -0.507 e. The first-order valence-electron chi connectivity index (χ1n) is 14.2. The van der Waals surface area contributed by atoms with Gasteiger partial charge in [0, 0.05) is 30.9 Å². The van der Waals surface area contributed by atoms with Crippen molar-refractivity contribution in [1.82, 2.24) is 19.4 Å². The lowest BCUT2D eigenvalue weighted by molar-refractivity contribution is -0.127. The molecule has 0 bridgehead atoms. The maximum absolute atomic E-state index is 17.3. The van der Waals surface area contributed by atoms with Gasteiger partial charge in [-0.3, -0.25) is 14.3 Å². The monoisotopic (exact) mass is 619 g/mol. The van der Waals surface area contributed by atoms with Gasteiger partial charge in [0.05, 0.1) is 33.4 Å². The van der Waals surface area contributed by atoms with Crippen LogP contribution in [0.4, 0.5) is 10.2 Å². The van der Waals surface area contributed by atoms with Crippen LogP contribution in [0.5, 0.6) is 17.2 Å². The van der Waals surface area contributed by atoms with Crippen LogP contribution < -0.4 is 15.3 Å². The highest BCUT2D eigenvalue weighted by Gasteiger charge is 2.41. The first-order valence-corrected chi connectivity index (χ1v) is 14.6. The molecule has 2 unspecified atom stereocenters. The van der Waals surface area contributed by atoms with E-state index in [0.29, 0.717) is 23.5 Å². The molecule has 6 rings (SSSR count). The Morgan fingerprint density at radius 1 is 1.20 bits per heavy atom. The maximum Gasteiger partial charge on any atom is 0.354 e. The average molecular weight is 620 g/mol. The molecule has 4 heterocycles. The van der Waals surface area contributed by atoms with E-state index in [1.165, 1.54) is 28.8 Å². The highest BCUT2D eigenvalue weighted by Crippen LogP contribution is 2.52. The van der Waals surface area contributed by atoms with Crippen LogP contribution in [-0.4, -0.2) is 67.3 Å².